The van der Waals surface area contributed by atoms with Gasteiger partial charge in [0.25, 0.3) is 11.6 Å². The fraction of sp³-hybridized carbons (Fsp3) is 0.0476. The molecule has 6 nitrogen and oxygen atoms in total. The molecule has 1 fully saturated rings. The van der Waals surface area contributed by atoms with Crippen LogP contribution in [0.3, 0.4) is 0 Å². The van der Waals surface area contributed by atoms with Gasteiger partial charge in [-0.25, -0.2) is 0 Å². The number of halogens is 1. The minimum Gasteiger partial charge on any atom is -0.457 e. The highest BCUT2D eigenvalue weighted by Crippen LogP contribution is 2.37. The summed E-state index contributed by atoms with van der Waals surface area (Å²) in [4.78, 5) is 25.3. The average molecular weight is 457 g/mol. The largest absolute Gasteiger partial charge is 0.457 e. The lowest BCUT2D eigenvalue weighted by Gasteiger charge is -2.14. The van der Waals surface area contributed by atoms with Crippen LogP contribution in [0.2, 0.25) is 5.02 Å². The molecule has 1 aliphatic rings. The molecule has 0 saturated carbocycles. The van der Waals surface area contributed by atoms with E-state index in [1.54, 1.807) is 48.5 Å². The van der Waals surface area contributed by atoms with Crippen molar-refractivity contribution in [3.8, 4) is 11.3 Å². The average Bonchev–Trinajstić information content (AvgIpc) is 3.26. The van der Waals surface area contributed by atoms with E-state index in [-0.39, 0.29) is 11.6 Å². The fourth-order valence-electron chi connectivity index (χ4n) is 3.00. The van der Waals surface area contributed by atoms with E-state index in [2.05, 4.69) is 0 Å². The van der Waals surface area contributed by atoms with Crippen LogP contribution in [0.1, 0.15) is 11.3 Å². The van der Waals surface area contributed by atoms with Crippen molar-refractivity contribution in [3.05, 3.63) is 86.0 Å². The molecule has 0 aliphatic carbocycles. The molecule has 1 aliphatic heterocycles. The zero-order chi connectivity index (χ0) is 21.4. The first kappa shape index (κ1) is 20.3. The Hall–Kier alpha value is -2.94. The topological polar surface area (TPSA) is 76.6 Å². The molecule has 4 rings (SSSR count). The Balaban J connectivity index is 1.64. The second kappa shape index (κ2) is 8.06. The normalized spacial score (nSPS) is 15.3. The number of hydrogen-bond acceptors (Lipinski definition) is 6. The Morgan fingerprint density at radius 1 is 1.20 bits per heavy atom. The molecule has 9 heteroatoms. The van der Waals surface area contributed by atoms with Gasteiger partial charge in [0.15, 0.2) is 4.32 Å². The number of amides is 1. The monoisotopic (exact) mass is 456 g/mol. The summed E-state index contributed by atoms with van der Waals surface area (Å²) in [6.45, 7) is 1.84. The van der Waals surface area contributed by atoms with Gasteiger partial charge in [-0.05, 0) is 42.8 Å². The van der Waals surface area contributed by atoms with Gasteiger partial charge in [-0.3, -0.25) is 19.8 Å². The number of hydrogen-bond donors (Lipinski definition) is 0. The zero-order valence-electron chi connectivity index (χ0n) is 15.5. The molecule has 2 aromatic carbocycles. The molecule has 1 amide bonds. The first-order valence-electron chi connectivity index (χ1n) is 8.72. The highest BCUT2D eigenvalue weighted by atomic mass is 35.5. The number of carbonyl (C=O) groups excluding carboxylic acids is 1. The van der Waals surface area contributed by atoms with Crippen molar-refractivity contribution in [1.29, 1.82) is 0 Å². The third-order valence-corrected chi connectivity index (χ3v) is 5.99. The van der Waals surface area contributed by atoms with Crippen LogP contribution in [0.5, 0.6) is 0 Å². The highest BCUT2D eigenvalue weighted by molar-refractivity contribution is 8.27. The first-order valence-corrected chi connectivity index (χ1v) is 10.3. The minimum absolute atomic E-state index is 0.0176. The number of anilines is 1. The minimum atomic E-state index is -0.450. The summed E-state index contributed by atoms with van der Waals surface area (Å²) in [7, 11) is 0. The third-order valence-electron chi connectivity index (χ3n) is 4.46. The predicted molar refractivity (Wildman–Crippen MR) is 123 cm³/mol. The van der Waals surface area contributed by atoms with Crippen LogP contribution < -0.4 is 4.90 Å². The number of benzene rings is 2. The van der Waals surface area contributed by atoms with Gasteiger partial charge in [-0.2, -0.15) is 0 Å². The Morgan fingerprint density at radius 3 is 2.73 bits per heavy atom. The lowest BCUT2D eigenvalue weighted by molar-refractivity contribution is -0.384. The van der Waals surface area contributed by atoms with Gasteiger partial charge in [0.1, 0.15) is 11.5 Å². The summed E-state index contributed by atoms with van der Waals surface area (Å²) in [5, 5.41) is 11.6. The van der Waals surface area contributed by atoms with Crippen LogP contribution in [-0.2, 0) is 4.79 Å². The van der Waals surface area contributed by atoms with Gasteiger partial charge >= 0.3 is 0 Å². The van der Waals surface area contributed by atoms with Crippen molar-refractivity contribution < 1.29 is 14.1 Å². The number of nitro benzene ring substituents is 1. The molecule has 150 valence electrons. The van der Waals surface area contributed by atoms with E-state index in [0.29, 0.717) is 37.0 Å². The molecular formula is C21H13ClN2O4S2. The number of rotatable bonds is 4. The SMILES string of the molecule is Cc1ccc([N+](=O)[O-])cc1-c1ccc(/C=C2/SC(=S)N(c3cccc(Cl)c3)C2=O)o1. The molecule has 1 aromatic heterocycles. The molecule has 1 saturated heterocycles. The molecule has 0 unspecified atom stereocenters. The number of aryl methyl sites for hydroxylation is 1. The molecule has 0 radical (unpaired) electrons. The van der Waals surface area contributed by atoms with Crippen molar-refractivity contribution in [1.82, 2.24) is 0 Å². The number of furan rings is 1. The number of carbonyl (C=O) groups is 1. The number of non-ortho nitro benzene ring substituents is 1. The number of nitro groups is 1. The van der Waals surface area contributed by atoms with Crippen LogP contribution >= 0.6 is 35.6 Å². The highest BCUT2D eigenvalue weighted by Gasteiger charge is 2.33. The van der Waals surface area contributed by atoms with Gasteiger partial charge in [-0.1, -0.05) is 47.7 Å². The molecular weight excluding hydrogens is 444 g/mol. The summed E-state index contributed by atoms with van der Waals surface area (Å²) in [5.74, 6) is 0.659. The lowest BCUT2D eigenvalue weighted by Crippen LogP contribution is -2.27. The van der Waals surface area contributed by atoms with Crippen molar-refractivity contribution in [3.63, 3.8) is 0 Å². The van der Waals surface area contributed by atoms with Crippen LogP contribution in [0, 0.1) is 17.0 Å². The Morgan fingerprint density at radius 2 is 2.00 bits per heavy atom. The molecule has 2 heterocycles. The number of thiocarbonyl (C=S) groups is 1. The van der Waals surface area contributed by atoms with Crippen molar-refractivity contribution in [2.45, 2.75) is 6.92 Å². The smallest absolute Gasteiger partial charge is 0.270 e. The maximum Gasteiger partial charge on any atom is 0.270 e. The molecule has 0 N–H and O–H groups in total. The molecule has 0 bridgehead atoms. The Bertz CT molecular complexity index is 1240. The van der Waals surface area contributed by atoms with E-state index in [4.69, 9.17) is 28.2 Å². The number of nitrogens with zero attached hydrogens (tertiary/aromatic N) is 2. The maximum absolute atomic E-state index is 12.9. The first-order chi connectivity index (χ1) is 14.3. The standard InChI is InChI=1S/C21H13ClN2O4S2/c1-12-5-6-15(24(26)27)10-17(12)18-8-7-16(28-18)11-19-20(25)23(21(29)30-19)14-4-2-3-13(22)9-14/h2-11H,1H3/b19-11+. The maximum atomic E-state index is 12.9. The summed E-state index contributed by atoms with van der Waals surface area (Å²) < 4.78 is 6.24. The van der Waals surface area contributed by atoms with Crippen LogP contribution in [-0.4, -0.2) is 15.2 Å². The molecule has 0 atom stereocenters. The van der Waals surface area contributed by atoms with Crippen molar-refractivity contribution in [2.24, 2.45) is 0 Å². The lowest BCUT2D eigenvalue weighted by atomic mass is 10.1. The van der Waals surface area contributed by atoms with Gasteiger partial charge in [-0.15, -0.1) is 0 Å². The summed E-state index contributed by atoms with van der Waals surface area (Å²) in [5.41, 5.74) is 2.04. The fourth-order valence-corrected chi connectivity index (χ4v) is 4.46. The predicted octanol–water partition coefficient (Wildman–Crippen LogP) is 6.22. The van der Waals surface area contributed by atoms with Crippen LogP contribution in [0.25, 0.3) is 17.4 Å². The van der Waals surface area contributed by atoms with Gasteiger partial charge in [0, 0.05) is 28.8 Å². The van der Waals surface area contributed by atoms with E-state index >= 15 is 0 Å². The van der Waals surface area contributed by atoms with Crippen molar-refractivity contribution in [2.75, 3.05) is 4.90 Å². The summed E-state index contributed by atoms with van der Waals surface area (Å²) >= 11 is 12.6. The quantitative estimate of drug-likeness (QED) is 0.201. The van der Waals surface area contributed by atoms with Gasteiger partial charge < -0.3 is 4.42 Å². The molecule has 3 aromatic rings. The molecule has 30 heavy (non-hydrogen) atoms. The molecule has 0 spiro atoms. The van der Waals surface area contributed by atoms with E-state index in [0.717, 1.165) is 5.56 Å². The van der Waals surface area contributed by atoms with Gasteiger partial charge in [0.2, 0.25) is 0 Å². The van der Waals surface area contributed by atoms with E-state index in [1.165, 1.54) is 28.8 Å². The van der Waals surface area contributed by atoms with Crippen LogP contribution in [0.4, 0.5) is 11.4 Å². The second-order valence-corrected chi connectivity index (χ2v) is 8.57. The van der Waals surface area contributed by atoms with Crippen molar-refractivity contribution >= 4 is 63.3 Å². The van der Waals surface area contributed by atoms with E-state index < -0.39 is 4.92 Å². The van der Waals surface area contributed by atoms with Gasteiger partial charge in [0.05, 0.1) is 15.5 Å². The Labute approximate surface area is 186 Å². The Kier molecular flexibility index (Phi) is 5.46. The van der Waals surface area contributed by atoms with Crippen LogP contribution in [0.15, 0.2) is 63.9 Å². The zero-order valence-corrected chi connectivity index (χ0v) is 17.9. The summed E-state index contributed by atoms with van der Waals surface area (Å²) in [6.07, 6.45) is 1.61. The van der Waals surface area contributed by atoms with E-state index in [1.807, 2.05) is 6.92 Å². The second-order valence-electron chi connectivity index (χ2n) is 6.46. The third kappa shape index (κ3) is 3.89. The van der Waals surface area contributed by atoms with E-state index in [9.17, 15) is 14.9 Å². The summed E-state index contributed by atoms with van der Waals surface area (Å²) in [6, 6.07) is 14.9. The number of thioether (sulfide) groups is 1.